The van der Waals surface area contributed by atoms with Crippen molar-refractivity contribution in [3.8, 4) is 0 Å². The average molecular weight is 241 g/mol. The molecule has 0 aromatic carbocycles. The lowest BCUT2D eigenvalue weighted by molar-refractivity contribution is 0.538. The molecule has 1 saturated heterocycles. The zero-order valence-corrected chi connectivity index (χ0v) is 10.9. The van der Waals surface area contributed by atoms with Crippen LogP contribution in [0.15, 0.2) is 17.5 Å². The summed E-state index contributed by atoms with van der Waals surface area (Å²) in [6, 6.07) is 4.98. The fraction of sp³-hybridized carbons (Fsp3) is 0.667. The van der Waals surface area contributed by atoms with Crippen LogP contribution in [0.25, 0.3) is 0 Å². The molecule has 1 aromatic heterocycles. The fourth-order valence-electron chi connectivity index (χ4n) is 1.94. The van der Waals surface area contributed by atoms with Gasteiger partial charge in [-0.1, -0.05) is 6.07 Å². The van der Waals surface area contributed by atoms with Gasteiger partial charge in [0.05, 0.1) is 0 Å². The molecule has 1 N–H and O–H groups in total. The van der Waals surface area contributed by atoms with Crippen LogP contribution in [0.2, 0.25) is 0 Å². The van der Waals surface area contributed by atoms with Gasteiger partial charge in [-0.2, -0.15) is 11.8 Å². The molecule has 0 bridgehead atoms. The molecule has 15 heavy (non-hydrogen) atoms. The van der Waals surface area contributed by atoms with Gasteiger partial charge >= 0.3 is 0 Å². The van der Waals surface area contributed by atoms with Crippen molar-refractivity contribution in [1.29, 1.82) is 0 Å². The van der Waals surface area contributed by atoms with Crippen molar-refractivity contribution in [2.45, 2.75) is 37.5 Å². The van der Waals surface area contributed by atoms with Gasteiger partial charge < -0.3 is 5.32 Å². The van der Waals surface area contributed by atoms with E-state index in [4.69, 9.17) is 0 Å². The van der Waals surface area contributed by atoms with Gasteiger partial charge in [0, 0.05) is 22.7 Å². The second-order valence-electron chi connectivity index (χ2n) is 4.23. The van der Waals surface area contributed by atoms with Gasteiger partial charge in [0.2, 0.25) is 0 Å². The summed E-state index contributed by atoms with van der Waals surface area (Å²) in [7, 11) is 0. The van der Waals surface area contributed by atoms with E-state index >= 15 is 0 Å². The van der Waals surface area contributed by atoms with Crippen LogP contribution in [0, 0.1) is 0 Å². The van der Waals surface area contributed by atoms with Gasteiger partial charge in [-0.05, 0) is 43.4 Å². The Bertz CT molecular complexity index is 265. The highest BCUT2D eigenvalue weighted by Gasteiger charge is 2.15. The predicted molar refractivity (Wildman–Crippen MR) is 71.0 cm³/mol. The van der Waals surface area contributed by atoms with Crippen LogP contribution in [0.1, 0.15) is 24.6 Å². The molecule has 1 fully saturated rings. The summed E-state index contributed by atoms with van der Waals surface area (Å²) >= 11 is 4.00. The van der Waals surface area contributed by atoms with Crippen molar-refractivity contribution in [1.82, 2.24) is 5.32 Å². The van der Waals surface area contributed by atoms with Crippen molar-refractivity contribution in [2.75, 3.05) is 12.3 Å². The van der Waals surface area contributed by atoms with E-state index in [1.54, 1.807) is 0 Å². The Hall–Kier alpha value is 0.01000. The first-order valence-corrected chi connectivity index (χ1v) is 7.65. The quantitative estimate of drug-likeness (QED) is 0.850. The third-order valence-corrected chi connectivity index (χ3v) is 5.10. The van der Waals surface area contributed by atoms with E-state index in [0.717, 1.165) is 5.25 Å². The van der Waals surface area contributed by atoms with Gasteiger partial charge in [-0.25, -0.2) is 0 Å². The zero-order chi connectivity index (χ0) is 10.5. The predicted octanol–water partition coefficient (Wildman–Crippen LogP) is 3.16. The zero-order valence-electron chi connectivity index (χ0n) is 9.24. The first-order chi connectivity index (χ1) is 7.34. The summed E-state index contributed by atoms with van der Waals surface area (Å²) in [5.74, 6) is 1.37. The number of hydrogen-bond acceptors (Lipinski definition) is 3. The lowest BCUT2D eigenvalue weighted by Gasteiger charge is -2.15. The smallest absolute Gasteiger partial charge is 0.0172 e. The van der Waals surface area contributed by atoms with Gasteiger partial charge in [0.1, 0.15) is 0 Å². The minimum atomic E-state index is 0.616. The van der Waals surface area contributed by atoms with Crippen molar-refractivity contribution in [3.05, 3.63) is 22.4 Å². The monoisotopic (exact) mass is 241 g/mol. The van der Waals surface area contributed by atoms with Gasteiger partial charge in [0.15, 0.2) is 0 Å². The van der Waals surface area contributed by atoms with Crippen molar-refractivity contribution < 1.29 is 0 Å². The third-order valence-electron chi connectivity index (χ3n) is 2.81. The van der Waals surface area contributed by atoms with Gasteiger partial charge in [0.25, 0.3) is 0 Å². The minimum absolute atomic E-state index is 0.616. The Labute approximate surface area is 101 Å². The highest BCUT2D eigenvalue weighted by Crippen LogP contribution is 2.25. The lowest BCUT2D eigenvalue weighted by atomic mass is 10.2. The number of thiophene rings is 1. The van der Waals surface area contributed by atoms with Crippen molar-refractivity contribution in [2.24, 2.45) is 0 Å². The van der Waals surface area contributed by atoms with E-state index in [9.17, 15) is 0 Å². The minimum Gasteiger partial charge on any atom is -0.313 e. The molecule has 2 unspecified atom stereocenters. The Kier molecular flexibility index (Phi) is 4.54. The maximum Gasteiger partial charge on any atom is 0.0172 e. The molecule has 1 aromatic rings. The Balaban J connectivity index is 1.66. The molecule has 0 aliphatic carbocycles. The van der Waals surface area contributed by atoms with Gasteiger partial charge in [-0.3, -0.25) is 0 Å². The molecule has 3 heteroatoms. The van der Waals surface area contributed by atoms with Crippen LogP contribution in [-0.2, 0) is 6.42 Å². The number of thioether (sulfide) groups is 1. The van der Waals surface area contributed by atoms with Crippen molar-refractivity contribution in [3.63, 3.8) is 0 Å². The van der Waals surface area contributed by atoms with Crippen LogP contribution < -0.4 is 5.32 Å². The standard InChI is InChI=1S/C12H19NS2/c1-10(8-11-4-2-6-14-11)13-9-12-5-3-7-15-12/h2,4,6,10,12-13H,3,5,7-9H2,1H3. The molecule has 2 rings (SSSR count). The van der Waals surface area contributed by atoms with Gasteiger partial charge in [-0.15, -0.1) is 11.3 Å². The molecule has 1 nitrogen and oxygen atoms in total. The molecule has 0 saturated carbocycles. The second kappa shape index (κ2) is 5.92. The van der Waals surface area contributed by atoms with Crippen LogP contribution in [0.5, 0.6) is 0 Å². The second-order valence-corrected chi connectivity index (χ2v) is 6.67. The largest absolute Gasteiger partial charge is 0.313 e. The maximum atomic E-state index is 3.65. The summed E-state index contributed by atoms with van der Waals surface area (Å²) in [5.41, 5.74) is 0. The average Bonchev–Trinajstić information content (AvgIpc) is 2.86. The number of hydrogen-bond donors (Lipinski definition) is 1. The van der Waals surface area contributed by atoms with E-state index in [-0.39, 0.29) is 0 Å². The molecule has 0 amide bonds. The highest BCUT2D eigenvalue weighted by molar-refractivity contribution is 8.00. The SMILES string of the molecule is CC(Cc1cccs1)NCC1CCCS1. The van der Waals surface area contributed by atoms with E-state index in [1.165, 1.54) is 36.4 Å². The molecule has 84 valence electrons. The van der Waals surface area contributed by atoms with Crippen LogP contribution in [0.3, 0.4) is 0 Å². The summed E-state index contributed by atoms with van der Waals surface area (Å²) in [6.45, 7) is 3.48. The summed E-state index contributed by atoms with van der Waals surface area (Å²) in [6.07, 6.45) is 3.99. The first-order valence-electron chi connectivity index (χ1n) is 5.72. The first kappa shape index (κ1) is 11.5. The molecule has 0 radical (unpaired) electrons. The Morgan fingerprint density at radius 1 is 1.60 bits per heavy atom. The molecular formula is C12H19NS2. The third kappa shape index (κ3) is 3.82. The van der Waals surface area contributed by atoms with Crippen LogP contribution >= 0.6 is 23.1 Å². The molecule has 0 spiro atoms. The Morgan fingerprint density at radius 3 is 3.20 bits per heavy atom. The summed E-state index contributed by atoms with van der Waals surface area (Å²) in [5, 5.41) is 6.68. The van der Waals surface area contributed by atoms with E-state index in [1.807, 2.05) is 11.3 Å². The number of rotatable bonds is 5. The Morgan fingerprint density at radius 2 is 2.53 bits per heavy atom. The molecule has 1 aliphatic rings. The van der Waals surface area contributed by atoms with E-state index in [0.29, 0.717) is 6.04 Å². The molecular weight excluding hydrogens is 222 g/mol. The van der Waals surface area contributed by atoms with Crippen LogP contribution in [-0.4, -0.2) is 23.6 Å². The normalized spacial score (nSPS) is 23.1. The fourth-order valence-corrected chi connectivity index (χ4v) is 3.99. The lowest BCUT2D eigenvalue weighted by Crippen LogP contribution is -2.32. The van der Waals surface area contributed by atoms with E-state index < -0.39 is 0 Å². The van der Waals surface area contributed by atoms with Crippen LogP contribution in [0.4, 0.5) is 0 Å². The molecule has 1 aliphatic heterocycles. The number of nitrogens with one attached hydrogen (secondary N) is 1. The van der Waals surface area contributed by atoms with Crippen molar-refractivity contribution >= 4 is 23.1 Å². The topological polar surface area (TPSA) is 12.0 Å². The maximum absolute atomic E-state index is 3.65. The van der Waals surface area contributed by atoms with E-state index in [2.05, 4.69) is 41.5 Å². The molecule has 2 heterocycles. The molecule has 2 atom stereocenters. The highest BCUT2D eigenvalue weighted by atomic mass is 32.2. The summed E-state index contributed by atoms with van der Waals surface area (Å²) in [4.78, 5) is 1.49. The summed E-state index contributed by atoms with van der Waals surface area (Å²) < 4.78 is 0.